The van der Waals surface area contributed by atoms with Crippen LogP contribution in [0, 0.1) is 0 Å². The molecule has 0 spiro atoms. The first-order valence-electron chi connectivity index (χ1n) is 6.96. The molecule has 0 radical (unpaired) electrons. The molecule has 5 heteroatoms. The molecule has 0 heterocycles. The zero-order valence-electron chi connectivity index (χ0n) is 12.4. The summed E-state index contributed by atoms with van der Waals surface area (Å²) in [6.07, 6.45) is 7.11. The summed E-state index contributed by atoms with van der Waals surface area (Å²) in [7, 11) is 3.22. The topological polar surface area (TPSA) is 61.4 Å². The minimum atomic E-state index is -0.425. The predicted molar refractivity (Wildman–Crippen MR) is 77.7 cm³/mol. The Morgan fingerprint density at radius 2 is 1.68 bits per heavy atom. The lowest BCUT2D eigenvalue weighted by molar-refractivity contribution is -0.126. The van der Waals surface area contributed by atoms with E-state index in [9.17, 15) is 9.59 Å². The molecule has 110 valence electrons. The van der Waals surface area contributed by atoms with Crippen LogP contribution in [0.1, 0.15) is 45.4 Å². The van der Waals surface area contributed by atoms with E-state index in [2.05, 4.69) is 24.1 Å². The van der Waals surface area contributed by atoms with Gasteiger partial charge in [-0.15, -0.1) is 0 Å². The Morgan fingerprint density at radius 1 is 1.11 bits per heavy atom. The highest BCUT2D eigenvalue weighted by atomic mass is 16.2. The minimum Gasteiger partial charge on any atom is -0.341 e. The standard InChI is InChI=1S/C14H27N3O2/c1-5-6-7-8-9-10-11-17(4)13(18)12(2)16-14(19)15-3/h2,5-11H2,1,3-4H3,(H2,15,16,19). The van der Waals surface area contributed by atoms with Crippen molar-refractivity contribution in [2.45, 2.75) is 45.4 Å². The van der Waals surface area contributed by atoms with Gasteiger partial charge in [0.1, 0.15) is 5.70 Å². The number of carbonyl (C=O) groups is 2. The monoisotopic (exact) mass is 269 g/mol. The summed E-state index contributed by atoms with van der Waals surface area (Å²) in [6, 6.07) is -0.425. The zero-order valence-corrected chi connectivity index (χ0v) is 12.4. The summed E-state index contributed by atoms with van der Waals surface area (Å²) in [6.45, 7) is 6.46. The second-order valence-corrected chi connectivity index (χ2v) is 4.68. The number of urea groups is 1. The maximum atomic E-state index is 11.8. The molecule has 2 N–H and O–H groups in total. The summed E-state index contributed by atoms with van der Waals surface area (Å²) in [4.78, 5) is 24.5. The van der Waals surface area contributed by atoms with E-state index in [1.54, 1.807) is 11.9 Å². The summed E-state index contributed by atoms with van der Waals surface area (Å²) < 4.78 is 0. The molecule has 0 aromatic heterocycles. The van der Waals surface area contributed by atoms with Crippen molar-refractivity contribution in [1.29, 1.82) is 0 Å². The molecule has 0 aromatic rings. The van der Waals surface area contributed by atoms with Gasteiger partial charge in [-0.3, -0.25) is 4.79 Å². The van der Waals surface area contributed by atoms with Gasteiger partial charge in [0, 0.05) is 20.6 Å². The summed E-state index contributed by atoms with van der Waals surface area (Å²) in [5, 5.41) is 4.77. The van der Waals surface area contributed by atoms with Gasteiger partial charge >= 0.3 is 6.03 Å². The van der Waals surface area contributed by atoms with Gasteiger partial charge in [0.05, 0.1) is 0 Å². The van der Waals surface area contributed by atoms with E-state index in [0.29, 0.717) is 6.54 Å². The van der Waals surface area contributed by atoms with Crippen molar-refractivity contribution in [3.05, 3.63) is 12.3 Å². The van der Waals surface area contributed by atoms with E-state index >= 15 is 0 Å². The van der Waals surface area contributed by atoms with Crippen LogP contribution in [0.15, 0.2) is 12.3 Å². The molecular formula is C14H27N3O2. The van der Waals surface area contributed by atoms with Crippen LogP contribution >= 0.6 is 0 Å². The lowest BCUT2D eigenvalue weighted by atomic mass is 10.1. The number of hydrogen-bond acceptors (Lipinski definition) is 2. The van der Waals surface area contributed by atoms with Crippen molar-refractivity contribution in [2.24, 2.45) is 0 Å². The van der Waals surface area contributed by atoms with E-state index < -0.39 is 6.03 Å². The van der Waals surface area contributed by atoms with Crippen LogP contribution in [0.25, 0.3) is 0 Å². The Labute approximate surface area is 116 Å². The number of nitrogens with one attached hydrogen (secondary N) is 2. The van der Waals surface area contributed by atoms with Crippen molar-refractivity contribution in [3.8, 4) is 0 Å². The fourth-order valence-electron chi connectivity index (χ4n) is 1.71. The number of likely N-dealkylation sites (N-methyl/N-ethyl adjacent to an activating group) is 1. The first-order chi connectivity index (χ1) is 9.02. The van der Waals surface area contributed by atoms with Crippen LogP contribution in [0.4, 0.5) is 4.79 Å². The van der Waals surface area contributed by atoms with E-state index in [1.807, 2.05) is 0 Å². The smallest absolute Gasteiger partial charge is 0.319 e. The van der Waals surface area contributed by atoms with Crippen molar-refractivity contribution in [1.82, 2.24) is 15.5 Å². The molecule has 0 rings (SSSR count). The van der Waals surface area contributed by atoms with Crippen LogP contribution < -0.4 is 10.6 Å². The van der Waals surface area contributed by atoms with E-state index in [4.69, 9.17) is 0 Å². The molecule has 0 aliphatic heterocycles. The third-order valence-electron chi connectivity index (χ3n) is 2.94. The molecule has 5 nitrogen and oxygen atoms in total. The summed E-state index contributed by atoms with van der Waals surface area (Å²) in [5.41, 5.74) is 0.104. The third kappa shape index (κ3) is 8.24. The number of unbranched alkanes of at least 4 members (excludes halogenated alkanes) is 5. The Morgan fingerprint density at radius 3 is 2.26 bits per heavy atom. The van der Waals surface area contributed by atoms with Crippen molar-refractivity contribution in [3.63, 3.8) is 0 Å². The normalized spacial score (nSPS) is 9.84. The minimum absolute atomic E-state index is 0.104. The first kappa shape index (κ1) is 17.5. The largest absolute Gasteiger partial charge is 0.341 e. The highest BCUT2D eigenvalue weighted by molar-refractivity contribution is 5.96. The molecule has 0 saturated carbocycles. The van der Waals surface area contributed by atoms with Crippen molar-refractivity contribution >= 4 is 11.9 Å². The quantitative estimate of drug-likeness (QED) is 0.498. The Balaban J connectivity index is 3.81. The SMILES string of the molecule is C=C(NC(=O)NC)C(=O)N(C)CCCCCCCC. The van der Waals surface area contributed by atoms with Crippen LogP contribution in [-0.4, -0.2) is 37.5 Å². The number of rotatable bonds is 9. The van der Waals surface area contributed by atoms with Gasteiger partial charge in [0.2, 0.25) is 0 Å². The van der Waals surface area contributed by atoms with Gasteiger partial charge in [0.25, 0.3) is 5.91 Å². The van der Waals surface area contributed by atoms with Crippen LogP contribution in [0.3, 0.4) is 0 Å². The van der Waals surface area contributed by atoms with Crippen LogP contribution in [-0.2, 0) is 4.79 Å². The van der Waals surface area contributed by atoms with Crippen molar-refractivity contribution in [2.75, 3.05) is 20.6 Å². The Hall–Kier alpha value is -1.52. The highest BCUT2D eigenvalue weighted by Crippen LogP contribution is 2.06. The summed E-state index contributed by atoms with van der Waals surface area (Å²) >= 11 is 0. The third-order valence-corrected chi connectivity index (χ3v) is 2.94. The van der Waals surface area contributed by atoms with Crippen molar-refractivity contribution < 1.29 is 9.59 Å². The van der Waals surface area contributed by atoms with E-state index in [0.717, 1.165) is 12.8 Å². The molecule has 0 atom stereocenters. The lowest BCUT2D eigenvalue weighted by Gasteiger charge is -2.18. The average Bonchev–Trinajstić information content (AvgIpc) is 2.41. The molecule has 3 amide bonds. The predicted octanol–water partition coefficient (Wildman–Crippen LogP) is 2.25. The molecule has 0 saturated heterocycles. The number of hydrogen-bond donors (Lipinski definition) is 2. The molecule has 19 heavy (non-hydrogen) atoms. The van der Waals surface area contributed by atoms with Gasteiger partial charge < -0.3 is 15.5 Å². The van der Waals surface area contributed by atoms with Crippen LogP contribution in [0.2, 0.25) is 0 Å². The molecule has 0 aliphatic rings. The van der Waals surface area contributed by atoms with Gasteiger partial charge in [-0.1, -0.05) is 45.6 Å². The zero-order chi connectivity index (χ0) is 14.7. The van der Waals surface area contributed by atoms with Gasteiger partial charge in [0.15, 0.2) is 0 Å². The number of carbonyl (C=O) groups excluding carboxylic acids is 2. The van der Waals surface area contributed by atoms with Gasteiger partial charge in [-0.25, -0.2) is 4.79 Å². The molecule has 0 unspecified atom stereocenters. The lowest BCUT2D eigenvalue weighted by Crippen LogP contribution is -2.39. The van der Waals surface area contributed by atoms with Crippen LogP contribution in [0.5, 0.6) is 0 Å². The molecule has 0 fully saturated rings. The fraction of sp³-hybridized carbons (Fsp3) is 0.714. The molecular weight excluding hydrogens is 242 g/mol. The molecule has 0 aromatic carbocycles. The second-order valence-electron chi connectivity index (χ2n) is 4.68. The summed E-state index contributed by atoms with van der Waals surface area (Å²) in [5.74, 6) is -0.239. The number of amides is 3. The fourth-order valence-corrected chi connectivity index (χ4v) is 1.71. The van der Waals surface area contributed by atoms with E-state index in [-0.39, 0.29) is 11.6 Å². The van der Waals surface area contributed by atoms with Gasteiger partial charge in [-0.2, -0.15) is 0 Å². The Kier molecular flexibility index (Phi) is 9.57. The first-order valence-corrected chi connectivity index (χ1v) is 6.96. The maximum Gasteiger partial charge on any atom is 0.319 e. The van der Waals surface area contributed by atoms with E-state index in [1.165, 1.54) is 32.7 Å². The highest BCUT2D eigenvalue weighted by Gasteiger charge is 2.13. The maximum absolute atomic E-state index is 11.8. The Bertz CT molecular complexity index is 303. The molecule has 0 bridgehead atoms. The second kappa shape index (κ2) is 10.4. The molecule has 0 aliphatic carbocycles. The van der Waals surface area contributed by atoms with Gasteiger partial charge in [-0.05, 0) is 6.42 Å². The average molecular weight is 269 g/mol. The number of nitrogens with zero attached hydrogens (tertiary/aromatic N) is 1.